The van der Waals surface area contributed by atoms with E-state index in [2.05, 4.69) is 15.6 Å². The lowest BCUT2D eigenvalue weighted by atomic mass is 10.1. The Hall–Kier alpha value is -3.28. The van der Waals surface area contributed by atoms with Crippen LogP contribution in [0.3, 0.4) is 0 Å². The molecular weight excluding hydrogens is 360 g/mol. The number of halogens is 2. The number of pyridine rings is 1. The summed E-state index contributed by atoms with van der Waals surface area (Å²) < 4.78 is 26.5. The quantitative estimate of drug-likeness (QED) is 0.620. The molecule has 0 aliphatic heterocycles. The van der Waals surface area contributed by atoms with Crippen LogP contribution in [0.25, 0.3) is 0 Å². The third-order valence-electron chi connectivity index (χ3n) is 4.30. The van der Waals surface area contributed by atoms with Gasteiger partial charge in [-0.05, 0) is 54.3 Å². The normalized spacial score (nSPS) is 10.5. The smallest absolute Gasteiger partial charge is 0.252 e. The Morgan fingerprint density at radius 1 is 0.893 bits per heavy atom. The maximum atomic E-state index is 13.6. The van der Waals surface area contributed by atoms with Crippen LogP contribution in [0, 0.1) is 11.6 Å². The van der Waals surface area contributed by atoms with Crippen molar-refractivity contribution in [2.45, 2.75) is 12.8 Å². The van der Waals surface area contributed by atoms with E-state index in [0.29, 0.717) is 42.9 Å². The van der Waals surface area contributed by atoms with Crippen LogP contribution in [0.1, 0.15) is 21.5 Å². The number of nitrogens with one attached hydrogen (secondary N) is 2. The summed E-state index contributed by atoms with van der Waals surface area (Å²) >= 11 is 0. The minimum atomic E-state index is -0.276. The molecule has 0 bridgehead atoms. The van der Waals surface area contributed by atoms with Gasteiger partial charge in [0.15, 0.2) is 0 Å². The second-order valence-corrected chi connectivity index (χ2v) is 6.33. The minimum absolute atomic E-state index is 0.215. The third kappa shape index (κ3) is 5.61. The van der Waals surface area contributed by atoms with E-state index in [1.54, 1.807) is 42.5 Å². The summed E-state index contributed by atoms with van der Waals surface area (Å²) in [7, 11) is 0. The molecule has 0 aliphatic rings. The van der Waals surface area contributed by atoms with E-state index >= 15 is 0 Å². The largest absolute Gasteiger partial charge is 0.370 e. The van der Waals surface area contributed by atoms with Gasteiger partial charge in [0.2, 0.25) is 0 Å². The van der Waals surface area contributed by atoms with Gasteiger partial charge >= 0.3 is 0 Å². The maximum Gasteiger partial charge on any atom is 0.252 e. The molecule has 0 atom stereocenters. The molecule has 2 N–H and O–H groups in total. The second kappa shape index (κ2) is 9.60. The minimum Gasteiger partial charge on any atom is -0.370 e. The molecule has 1 amide bonds. The number of anilines is 1. The van der Waals surface area contributed by atoms with E-state index in [1.807, 2.05) is 0 Å². The summed E-state index contributed by atoms with van der Waals surface area (Å²) in [5, 5.41) is 5.93. The van der Waals surface area contributed by atoms with Gasteiger partial charge in [-0.25, -0.2) is 13.8 Å². The van der Waals surface area contributed by atoms with E-state index in [4.69, 9.17) is 0 Å². The average molecular weight is 381 g/mol. The number of carbonyl (C=O) groups is 1. The molecule has 0 saturated carbocycles. The molecule has 3 rings (SSSR count). The van der Waals surface area contributed by atoms with E-state index in [9.17, 15) is 13.6 Å². The van der Waals surface area contributed by atoms with Gasteiger partial charge < -0.3 is 10.6 Å². The number of nitrogens with zero attached hydrogens (tertiary/aromatic N) is 1. The summed E-state index contributed by atoms with van der Waals surface area (Å²) in [6.07, 6.45) is 2.66. The van der Waals surface area contributed by atoms with E-state index in [1.165, 1.54) is 24.4 Å². The number of rotatable bonds is 8. The summed E-state index contributed by atoms with van der Waals surface area (Å²) in [6, 6.07) is 16.3. The summed E-state index contributed by atoms with van der Waals surface area (Å²) in [4.78, 5) is 16.4. The van der Waals surface area contributed by atoms with Crippen molar-refractivity contribution >= 4 is 11.7 Å². The highest BCUT2D eigenvalue weighted by Gasteiger charge is 2.06. The number of benzene rings is 2. The lowest BCUT2D eigenvalue weighted by Crippen LogP contribution is -2.25. The molecule has 28 heavy (non-hydrogen) atoms. The van der Waals surface area contributed by atoms with Crippen molar-refractivity contribution in [3.63, 3.8) is 0 Å². The lowest BCUT2D eigenvalue weighted by Gasteiger charge is -2.08. The van der Waals surface area contributed by atoms with E-state index in [-0.39, 0.29) is 17.5 Å². The highest BCUT2D eigenvalue weighted by Crippen LogP contribution is 2.09. The number of carbonyl (C=O) groups excluding carboxylic acids is 1. The van der Waals surface area contributed by atoms with Crippen LogP contribution in [0.4, 0.5) is 14.6 Å². The predicted octanol–water partition coefficient (Wildman–Crippen LogP) is 3.99. The summed E-state index contributed by atoms with van der Waals surface area (Å²) in [5.41, 5.74) is 2.06. The van der Waals surface area contributed by atoms with Gasteiger partial charge in [-0.15, -0.1) is 0 Å². The average Bonchev–Trinajstić information content (AvgIpc) is 2.71. The monoisotopic (exact) mass is 381 g/mol. The molecule has 0 radical (unpaired) electrons. The molecular formula is C22H21F2N3O. The summed E-state index contributed by atoms with van der Waals surface area (Å²) in [6.45, 7) is 0.990. The van der Waals surface area contributed by atoms with E-state index in [0.717, 1.165) is 5.56 Å². The molecule has 144 valence electrons. The van der Waals surface area contributed by atoms with Crippen LogP contribution in [0.2, 0.25) is 0 Å². The Balaban J connectivity index is 1.43. The number of amides is 1. The summed E-state index contributed by atoms with van der Waals surface area (Å²) in [5.74, 6) is -0.0851. The first-order valence-electron chi connectivity index (χ1n) is 9.08. The first-order chi connectivity index (χ1) is 13.6. The van der Waals surface area contributed by atoms with Gasteiger partial charge in [-0.1, -0.05) is 30.3 Å². The van der Waals surface area contributed by atoms with Crippen molar-refractivity contribution in [3.05, 3.63) is 95.2 Å². The molecule has 1 heterocycles. The topological polar surface area (TPSA) is 54.0 Å². The molecule has 0 spiro atoms. The second-order valence-electron chi connectivity index (χ2n) is 6.33. The van der Waals surface area contributed by atoms with Gasteiger partial charge in [0, 0.05) is 19.3 Å². The molecule has 6 heteroatoms. The molecule has 0 unspecified atom stereocenters. The molecule has 4 nitrogen and oxygen atoms in total. The van der Waals surface area contributed by atoms with Gasteiger partial charge in [-0.2, -0.15) is 0 Å². The van der Waals surface area contributed by atoms with Crippen molar-refractivity contribution in [1.82, 2.24) is 10.3 Å². The van der Waals surface area contributed by atoms with Crippen LogP contribution < -0.4 is 10.6 Å². The molecule has 0 fully saturated rings. The zero-order valence-corrected chi connectivity index (χ0v) is 15.3. The molecule has 0 aliphatic carbocycles. The fourth-order valence-electron chi connectivity index (χ4n) is 2.73. The van der Waals surface area contributed by atoms with E-state index < -0.39 is 0 Å². The Morgan fingerprint density at radius 3 is 2.39 bits per heavy atom. The number of hydrogen-bond donors (Lipinski definition) is 2. The van der Waals surface area contributed by atoms with Gasteiger partial charge in [-0.3, -0.25) is 4.79 Å². The van der Waals surface area contributed by atoms with Crippen molar-refractivity contribution in [2.24, 2.45) is 0 Å². The Labute approximate surface area is 162 Å². The van der Waals surface area contributed by atoms with Crippen molar-refractivity contribution in [2.75, 3.05) is 18.4 Å². The van der Waals surface area contributed by atoms with Crippen molar-refractivity contribution in [3.8, 4) is 0 Å². The van der Waals surface area contributed by atoms with Crippen LogP contribution in [-0.2, 0) is 12.8 Å². The van der Waals surface area contributed by atoms with Crippen molar-refractivity contribution < 1.29 is 13.6 Å². The fraction of sp³-hybridized carbons (Fsp3) is 0.182. The third-order valence-corrected chi connectivity index (χ3v) is 4.30. The first-order valence-corrected chi connectivity index (χ1v) is 9.08. The Kier molecular flexibility index (Phi) is 6.68. The number of hydrogen-bond acceptors (Lipinski definition) is 3. The Morgan fingerprint density at radius 2 is 1.68 bits per heavy atom. The Bertz CT molecular complexity index is 912. The van der Waals surface area contributed by atoms with Gasteiger partial charge in [0.05, 0.1) is 5.56 Å². The lowest BCUT2D eigenvalue weighted by molar-refractivity contribution is 0.0954. The highest BCUT2D eigenvalue weighted by molar-refractivity contribution is 5.94. The zero-order chi connectivity index (χ0) is 19.8. The first kappa shape index (κ1) is 19.5. The van der Waals surface area contributed by atoms with Crippen LogP contribution in [0.15, 0.2) is 66.9 Å². The van der Waals surface area contributed by atoms with Crippen molar-refractivity contribution in [1.29, 1.82) is 0 Å². The molecule has 0 saturated heterocycles. The highest BCUT2D eigenvalue weighted by atomic mass is 19.1. The zero-order valence-electron chi connectivity index (χ0n) is 15.3. The van der Waals surface area contributed by atoms with Gasteiger partial charge in [0.25, 0.3) is 5.91 Å². The molecule has 3 aromatic rings. The van der Waals surface area contributed by atoms with Crippen LogP contribution >= 0.6 is 0 Å². The molecule has 1 aromatic heterocycles. The SMILES string of the molecule is O=C(NCCc1ccc(F)cc1)c1ccc(NCCc2ccccc2F)nc1. The van der Waals surface area contributed by atoms with Crippen LogP contribution in [0.5, 0.6) is 0 Å². The standard InChI is InChI=1S/C22H21F2N3O/c23-19-8-5-16(6-9-19)11-13-26-22(28)18-7-10-21(27-15-18)25-14-12-17-3-1-2-4-20(17)24/h1-10,15H,11-14H2,(H,25,27)(H,26,28). The molecule has 2 aromatic carbocycles. The van der Waals surface area contributed by atoms with Gasteiger partial charge in [0.1, 0.15) is 17.5 Å². The number of aromatic nitrogens is 1. The van der Waals surface area contributed by atoms with Crippen LogP contribution in [-0.4, -0.2) is 24.0 Å². The maximum absolute atomic E-state index is 13.6. The fourth-order valence-corrected chi connectivity index (χ4v) is 2.73. The predicted molar refractivity (Wildman–Crippen MR) is 105 cm³/mol.